The topological polar surface area (TPSA) is 72.5 Å². The third kappa shape index (κ3) is 1.87. The number of hydrogen-bond acceptors (Lipinski definition) is 6. The van der Waals surface area contributed by atoms with Crippen LogP contribution < -0.4 is 10.6 Å². The van der Waals surface area contributed by atoms with Crippen molar-refractivity contribution in [2.45, 2.75) is 0 Å². The Morgan fingerprint density at radius 3 is 2.62 bits per heavy atom. The van der Waals surface area contributed by atoms with E-state index in [-0.39, 0.29) is 5.69 Å². The molecule has 0 spiro atoms. The van der Waals surface area contributed by atoms with Crippen LogP contribution in [-0.4, -0.2) is 45.8 Å². The first-order valence-corrected chi connectivity index (χ1v) is 4.81. The van der Waals surface area contributed by atoms with Crippen molar-refractivity contribution in [1.29, 1.82) is 0 Å². The summed E-state index contributed by atoms with van der Waals surface area (Å²) in [5.41, 5.74) is -0.300. The Morgan fingerprint density at radius 2 is 2.08 bits per heavy atom. The summed E-state index contributed by atoms with van der Waals surface area (Å²) in [6, 6.07) is 0. The summed E-state index contributed by atoms with van der Waals surface area (Å²) in [5.74, 6) is 0. The SMILES string of the molecule is O=c1nc(N2CCN(O)CC2)s[nH]1. The molecule has 1 aliphatic rings. The van der Waals surface area contributed by atoms with Crippen LogP contribution in [0.25, 0.3) is 0 Å². The van der Waals surface area contributed by atoms with Gasteiger partial charge in [-0.1, -0.05) is 0 Å². The Morgan fingerprint density at radius 1 is 1.38 bits per heavy atom. The first-order valence-electron chi connectivity index (χ1n) is 4.00. The maximum Gasteiger partial charge on any atom is 0.357 e. The van der Waals surface area contributed by atoms with Gasteiger partial charge in [-0.05, 0) is 11.5 Å². The lowest BCUT2D eigenvalue weighted by Crippen LogP contribution is -2.44. The van der Waals surface area contributed by atoms with Crippen LogP contribution in [0.15, 0.2) is 4.79 Å². The molecule has 6 nitrogen and oxygen atoms in total. The van der Waals surface area contributed by atoms with Crippen LogP contribution in [0.5, 0.6) is 0 Å². The number of piperazine rings is 1. The van der Waals surface area contributed by atoms with E-state index in [0.29, 0.717) is 31.3 Å². The molecule has 1 aromatic rings. The molecule has 0 radical (unpaired) electrons. The Bertz CT molecular complexity index is 327. The van der Waals surface area contributed by atoms with Gasteiger partial charge in [0.15, 0.2) is 0 Å². The zero-order valence-electron chi connectivity index (χ0n) is 6.93. The molecule has 0 unspecified atom stereocenters. The van der Waals surface area contributed by atoms with Gasteiger partial charge in [0.1, 0.15) is 0 Å². The maximum absolute atomic E-state index is 10.8. The number of aromatic amines is 1. The lowest BCUT2D eigenvalue weighted by molar-refractivity contribution is -0.0935. The third-order valence-corrected chi connectivity index (χ3v) is 2.76. The Labute approximate surface area is 78.5 Å². The van der Waals surface area contributed by atoms with Crippen molar-refractivity contribution in [1.82, 2.24) is 14.4 Å². The van der Waals surface area contributed by atoms with Crippen LogP contribution in [0, 0.1) is 0 Å². The molecule has 0 aromatic carbocycles. The van der Waals surface area contributed by atoms with Gasteiger partial charge in [0.25, 0.3) is 0 Å². The fourth-order valence-electron chi connectivity index (χ4n) is 1.24. The molecule has 0 atom stereocenters. The normalized spacial score (nSPS) is 19.3. The molecule has 2 rings (SSSR count). The van der Waals surface area contributed by atoms with Gasteiger partial charge in [-0.15, -0.1) is 0 Å². The van der Waals surface area contributed by atoms with Gasteiger partial charge in [-0.2, -0.15) is 10.0 Å². The second kappa shape index (κ2) is 3.44. The van der Waals surface area contributed by atoms with Crippen molar-refractivity contribution in [3.05, 3.63) is 10.5 Å². The van der Waals surface area contributed by atoms with E-state index >= 15 is 0 Å². The summed E-state index contributed by atoms with van der Waals surface area (Å²) in [4.78, 5) is 16.5. The van der Waals surface area contributed by atoms with Crippen molar-refractivity contribution >= 4 is 16.7 Å². The van der Waals surface area contributed by atoms with Crippen LogP contribution >= 0.6 is 11.5 Å². The third-order valence-electron chi connectivity index (χ3n) is 1.95. The number of hydroxylamine groups is 2. The van der Waals surface area contributed by atoms with Crippen molar-refractivity contribution < 1.29 is 5.21 Å². The summed E-state index contributed by atoms with van der Waals surface area (Å²) in [5, 5.41) is 11.1. The average Bonchev–Trinajstić information content (AvgIpc) is 2.53. The van der Waals surface area contributed by atoms with Gasteiger partial charge in [-0.3, -0.25) is 4.37 Å². The van der Waals surface area contributed by atoms with Crippen molar-refractivity contribution in [3.8, 4) is 0 Å². The first kappa shape index (κ1) is 8.67. The molecule has 1 saturated heterocycles. The molecule has 7 heteroatoms. The number of nitrogens with one attached hydrogen (secondary N) is 1. The molecule has 1 aliphatic heterocycles. The standard InChI is InChI=1S/C6H10N4O2S/c11-5-7-6(13-8-5)9-1-3-10(12)4-2-9/h12H,1-4H2,(H,8,11). The quantitative estimate of drug-likeness (QED) is 0.632. The van der Waals surface area contributed by atoms with Gasteiger partial charge in [0, 0.05) is 26.2 Å². The molecular formula is C6H10N4O2S. The summed E-state index contributed by atoms with van der Waals surface area (Å²) in [6.07, 6.45) is 0. The van der Waals surface area contributed by atoms with Crippen LogP contribution in [-0.2, 0) is 0 Å². The van der Waals surface area contributed by atoms with Crippen molar-refractivity contribution in [3.63, 3.8) is 0 Å². The Kier molecular flexibility index (Phi) is 2.30. The minimum absolute atomic E-state index is 0.300. The van der Waals surface area contributed by atoms with Crippen LogP contribution in [0.4, 0.5) is 5.13 Å². The summed E-state index contributed by atoms with van der Waals surface area (Å²) in [7, 11) is 0. The summed E-state index contributed by atoms with van der Waals surface area (Å²) in [6.45, 7) is 2.59. The Balaban J connectivity index is 2.06. The van der Waals surface area contributed by atoms with Crippen LogP contribution in [0.3, 0.4) is 0 Å². The number of hydrogen-bond donors (Lipinski definition) is 2. The molecule has 13 heavy (non-hydrogen) atoms. The van der Waals surface area contributed by atoms with Crippen LogP contribution in [0.1, 0.15) is 0 Å². The zero-order valence-corrected chi connectivity index (χ0v) is 7.75. The smallest absolute Gasteiger partial charge is 0.344 e. The average molecular weight is 202 g/mol. The highest BCUT2D eigenvalue weighted by Gasteiger charge is 2.17. The molecule has 2 heterocycles. The summed E-state index contributed by atoms with van der Waals surface area (Å²) < 4.78 is 2.53. The van der Waals surface area contributed by atoms with E-state index in [1.807, 2.05) is 4.90 Å². The monoisotopic (exact) mass is 202 g/mol. The second-order valence-electron chi connectivity index (χ2n) is 2.84. The van der Waals surface area contributed by atoms with E-state index in [1.54, 1.807) is 0 Å². The molecule has 2 N–H and O–H groups in total. The molecule has 0 bridgehead atoms. The first-order chi connectivity index (χ1) is 6.25. The molecule has 0 amide bonds. The highest BCUT2D eigenvalue weighted by atomic mass is 32.1. The zero-order chi connectivity index (χ0) is 9.26. The van der Waals surface area contributed by atoms with E-state index in [0.717, 1.165) is 0 Å². The number of rotatable bonds is 1. The maximum atomic E-state index is 10.8. The van der Waals surface area contributed by atoms with E-state index in [1.165, 1.54) is 16.6 Å². The van der Waals surface area contributed by atoms with Crippen molar-refractivity contribution in [2.75, 3.05) is 31.1 Å². The highest BCUT2D eigenvalue weighted by molar-refractivity contribution is 7.09. The molecule has 1 fully saturated rings. The largest absolute Gasteiger partial charge is 0.357 e. The number of aromatic nitrogens is 2. The van der Waals surface area contributed by atoms with Crippen molar-refractivity contribution in [2.24, 2.45) is 0 Å². The van der Waals surface area contributed by atoms with Gasteiger partial charge in [0.2, 0.25) is 5.13 Å². The predicted octanol–water partition coefficient (Wildman–Crippen LogP) is -0.657. The molecule has 72 valence electrons. The van der Waals surface area contributed by atoms with Crippen LogP contribution in [0.2, 0.25) is 0 Å². The lowest BCUT2D eigenvalue weighted by atomic mass is 10.4. The Hall–Kier alpha value is -0.920. The molecule has 0 saturated carbocycles. The van der Waals surface area contributed by atoms with E-state index in [4.69, 9.17) is 5.21 Å². The van der Waals surface area contributed by atoms with E-state index < -0.39 is 0 Å². The van der Waals surface area contributed by atoms with E-state index in [2.05, 4.69) is 9.36 Å². The fraction of sp³-hybridized carbons (Fsp3) is 0.667. The highest BCUT2D eigenvalue weighted by Crippen LogP contribution is 2.14. The van der Waals surface area contributed by atoms with E-state index in [9.17, 15) is 4.79 Å². The van der Waals surface area contributed by atoms with Gasteiger partial charge < -0.3 is 10.1 Å². The fourth-order valence-corrected chi connectivity index (χ4v) is 1.91. The second-order valence-corrected chi connectivity index (χ2v) is 3.62. The number of nitrogens with zero attached hydrogens (tertiary/aromatic N) is 3. The lowest BCUT2D eigenvalue weighted by Gasteiger charge is -2.30. The number of H-pyrrole nitrogens is 1. The van der Waals surface area contributed by atoms with Gasteiger partial charge in [-0.25, -0.2) is 4.79 Å². The molecular weight excluding hydrogens is 192 g/mol. The minimum atomic E-state index is -0.300. The minimum Gasteiger partial charge on any atom is -0.344 e. The van der Waals surface area contributed by atoms with Gasteiger partial charge in [0.05, 0.1) is 0 Å². The number of anilines is 1. The molecule has 0 aliphatic carbocycles. The summed E-state index contributed by atoms with van der Waals surface area (Å²) >= 11 is 1.23. The molecule has 1 aromatic heterocycles. The van der Waals surface area contributed by atoms with Gasteiger partial charge >= 0.3 is 5.69 Å². The predicted molar refractivity (Wildman–Crippen MR) is 48.3 cm³/mol.